The molecular weight excluding hydrogens is 451 g/mol. The Bertz CT molecular complexity index is 881. The second-order valence-electron chi connectivity index (χ2n) is 11.1. The van der Waals surface area contributed by atoms with Gasteiger partial charge in [-0.15, -0.1) is 11.6 Å². The van der Waals surface area contributed by atoms with Gasteiger partial charge in [0.2, 0.25) is 5.91 Å². The van der Waals surface area contributed by atoms with E-state index >= 15 is 0 Å². The molecule has 5 atom stereocenters. The van der Waals surface area contributed by atoms with E-state index in [2.05, 4.69) is 10.6 Å². The summed E-state index contributed by atoms with van der Waals surface area (Å²) in [4.78, 5) is 27.2. The van der Waals surface area contributed by atoms with E-state index in [-0.39, 0.29) is 17.4 Å². The van der Waals surface area contributed by atoms with Crippen LogP contribution in [-0.4, -0.2) is 64.6 Å². The molecule has 2 amide bonds. The van der Waals surface area contributed by atoms with Crippen LogP contribution in [0, 0.1) is 11.8 Å². The summed E-state index contributed by atoms with van der Waals surface area (Å²) in [6.45, 7) is 9.38. The van der Waals surface area contributed by atoms with Crippen molar-refractivity contribution in [3.63, 3.8) is 0 Å². The van der Waals surface area contributed by atoms with Gasteiger partial charge in [0.1, 0.15) is 11.1 Å². The Morgan fingerprint density at radius 3 is 2.75 bits per heavy atom. The van der Waals surface area contributed by atoms with E-state index in [9.17, 15) is 9.59 Å². The minimum Gasteiger partial charge on any atom is -0.444 e. The van der Waals surface area contributed by atoms with Gasteiger partial charge in [0.25, 0.3) is 0 Å². The maximum absolute atomic E-state index is 13.7. The van der Waals surface area contributed by atoms with E-state index in [4.69, 9.17) is 33.7 Å². The number of carbonyl (C=O) groups excluding carboxylic acids is 2. The highest BCUT2D eigenvalue weighted by Crippen LogP contribution is 2.55. The Morgan fingerprint density at radius 1 is 1.41 bits per heavy atom. The highest BCUT2D eigenvalue weighted by atomic mass is 35.5. The Kier molecular flexibility index (Phi) is 5.89. The quantitative estimate of drug-likeness (QED) is 0.521. The molecule has 7 nitrogen and oxygen atoms in total. The number of alkyl halides is 1. The monoisotopic (exact) mass is 484 g/mol. The van der Waals surface area contributed by atoms with Crippen LogP contribution < -0.4 is 16.4 Å². The SMILES string of the molecule is CC1(Cl)C=C(CN2C[C@H]3CC3(CN)NC3(C[C@H]3CNC(=O)OC(C)(C)C)C2=O)C=C(Cl)C1. The topological polar surface area (TPSA) is 96.7 Å². The van der Waals surface area contributed by atoms with Gasteiger partial charge in [0, 0.05) is 49.1 Å². The number of hydrogen-bond acceptors (Lipinski definition) is 5. The van der Waals surface area contributed by atoms with Crippen LogP contribution in [0.3, 0.4) is 0 Å². The summed E-state index contributed by atoms with van der Waals surface area (Å²) in [6, 6.07) is 0. The lowest BCUT2D eigenvalue weighted by Crippen LogP contribution is -2.55. The number of halogens is 2. The largest absolute Gasteiger partial charge is 0.444 e. The molecule has 0 radical (unpaired) electrons. The summed E-state index contributed by atoms with van der Waals surface area (Å²) in [5.41, 5.74) is 5.60. The number of hydrogen-bond donors (Lipinski definition) is 3. The Labute approximate surface area is 200 Å². The Balaban J connectivity index is 1.49. The van der Waals surface area contributed by atoms with Crippen LogP contribution in [0.4, 0.5) is 4.79 Å². The number of amides is 2. The van der Waals surface area contributed by atoms with E-state index in [1.807, 2.05) is 44.7 Å². The lowest BCUT2D eigenvalue weighted by atomic mass is 9.96. The second kappa shape index (κ2) is 7.90. The normalized spacial score (nSPS) is 38.5. The molecule has 1 saturated heterocycles. The minimum absolute atomic E-state index is 0.00875. The molecule has 1 heterocycles. The van der Waals surface area contributed by atoms with Crippen molar-refractivity contribution in [1.82, 2.24) is 15.5 Å². The van der Waals surface area contributed by atoms with Crippen molar-refractivity contribution >= 4 is 35.2 Å². The fourth-order valence-corrected chi connectivity index (χ4v) is 5.99. The van der Waals surface area contributed by atoms with Crippen LogP contribution in [-0.2, 0) is 9.53 Å². The third kappa shape index (κ3) is 4.81. The number of allylic oxidation sites excluding steroid dienone is 2. The number of carbonyl (C=O) groups is 2. The summed E-state index contributed by atoms with van der Waals surface area (Å²) in [7, 11) is 0. The average Bonchev–Trinajstić information content (AvgIpc) is 3.52. The van der Waals surface area contributed by atoms with Crippen LogP contribution in [0.15, 0.2) is 22.8 Å². The summed E-state index contributed by atoms with van der Waals surface area (Å²) in [5, 5.41) is 7.16. The summed E-state index contributed by atoms with van der Waals surface area (Å²) >= 11 is 12.9. The van der Waals surface area contributed by atoms with Gasteiger partial charge in [-0.3, -0.25) is 10.1 Å². The molecular formula is C23H34Cl2N4O3. The van der Waals surface area contributed by atoms with Crippen molar-refractivity contribution in [2.45, 2.75) is 68.5 Å². The first-order valence-corrected chi connectivity index (χ1v) is 12.1. The highest BCUT2D eigenvalue weighted by Gasteiger charge is 2.70. The summed E-state index contributed by atoms with van der Waals surface area (Å²) in [5.74, 6) is 0.369. The Hall–Kier alpha value is -1.28. The predicted octanol–water partition coefficient (Wildman–Crippen LogP) is 2.87. The van der Waals surface area contributed by atoms with Crippen LogP contribution in [0.1, 0.15) is 47.0 Å². The Morgan fingerprint density at radius 2 is 2.12 bits per heavy atom. The van der Waals surface area contributed by atoms with Crippen molar-refractivity contribution in [3.8, 4) is 0 Å². The molecule has 32 heavy (non-hydrogen) atoms. The molecule has 0 aromatic carbocycles. The molecule has 1 aliphatic heterocycles. The van der Waals surface area contributed by atoms with Crippen molar-refractivity contribution in [3.05, 3.63) is 22.8 Å². The van der Waals surface area contributed by atoms with Gasteiger partial charge in [-0.1, -0.05) is 17.7 Å². The van der Waals surface area contributed by atoms with Crippen LogP contribution in [0.2, 0.25) is 0 Å². The van der Waals surface area contributed by atoms with E-state index in [0.717, 1.165) is 12.0 Å². The molecule has 0 aromatic rings. The highest BCUT2D eigenvalue weighted by molar-refractivity contribution is 6.32. The number of nitrogens with one attached hydrogen (secondary N) is 2. The molecule has 0 aromatic heterocycles. The van der Waals surface area contributed by atoms with Crippen molar-refractivity contribution in [2.24, 2.45) is 17.6 Å². The van der Waals surface area contributed by atoms with E-state index < -0.39 is 22.1 Å². The lowest BCUT2D eigenvalue weighted by molar-refractivity contribution is -0.134. The molecule has 3 fully saturated rings. The van der Waals surface area contributed by atoms with Gasteiger partial charge < -0.3 is 20.7 Å². The fourth-order valence-electron chi connectivity index (χ4n) is 5.22. The zero-order valence-corrected chi connectivity index (χ0v) is 20.8. The standard InChI is InChI=1S/C23H34Cl2N4O3/c1-20(2,3)32-19(31)27-10-15-8-23(15)18(30)29(12-16-7-22(16,13-26)28-23)11-14-5-17(24)9-21(4,25)6-14/h5-6,15-16,28H,7-13,26H2,1-4H3,(H,27,31)/t15-,16+,21?,22?,23?/m0/s1. The fraction of sp³-hybridized carbons (Fsp3) is 0.739. The van der Waals surface area contributed by atoms with Crippen molar-refractivity contribution in [2.75, 3.05) is 26.2 Å². The molecule has 4 N–H and O–H groups in total. The summed E-state index contributed by atoms with van der Waals surface area (Å²) < 4.78 is 5.34. The first-order chi connectivity index (χ1) is 14.8. The third-order valence-corrected chi connectivity index (χ3v) is 7.38. The average molecular weight is 485 g/mol. The molecule has 9 heteroatoms. The van der Waals surface area contributed by atoms with Crippen molar-refractivity contribution in [1.29, 1.82) is 0 Å². The van der Waals surface area contributed by atoms with Crippen molar-refractivity contribution < 1.29 is 14.3 Å². The smallest absolute Gasteiger partial charge is 0.407 e. The number of nitrogens with zero attached hydrogens (tertiary/aromatic N) is 1. The molecule has 4 aliphatic rings. The number of nitrogens with two attached hydrogens (primary N) is 1. The minimum atomic E-state index is -0.702. The van der Waals surface area contributed by atoms with E-state index in [0.29, 0.717) is 50.0 Å². The van der Waals surface area contributed by atoms with Gasteiger partial charge in [0.05, 0.1) is 4.87 Å². The van der Waals surface area contributed by atoms with Gasteiger partial charge in [-0.25, -0.2) is 4.79 Å². The van der Waals surface area contributed by atoms with Crippen LogP contribution >= 0.6 is 23.2 Å². The molecule has 0 bridgehead atoms. The number of fused-ring (bicyclic) bond motifs is 1. The zero-order chi connectivity index (χ0) is 23.5. The maximum Gasteiger partial charge on any atom is 0.407 e. The van der Waals surface area contributed by atoms with Crippen LogP contribution in [0.5, 0.6) is 0 Å². The molecule has 178 valence electrons. The van der Waals surface area contributed by atoms with E-state index in [1.54, 1.807) is 0 Å². The zero-order valence-electron chi connectivity index (χ0n) is 19.3. The lowest BCUT2D eigenvalue weighted by Gasteiger charge is -2.30. The van der Waals surface area contributed by atoms with E-state index in [1.165, 1.54) is 0 Å². The second-order valence-corrected chi connectivity index (χ2v) is 12.4. The number of rotatable bonds is 5. The predicted molar refractivity (Wildman–Crippen MR) is 126 cm³/mol. The number of alkyl carbamates (subject to hydrolysis) is 1. The van der Waals surface area contributed by atoms with Gasteiger partial charge in [0.15, 0.2) is 0 Å². The molecule has 2 saturated carbocycles. The first-order valence-electron chi connectivity index (χ1n) is 11.3. The molecule has 3 aliphatic carbocycles. The van der Waals surface area contributed by atoms with Gasteiger partial charge >= 0.3 is 6.09 Å². The summed E-state index contributed by atoms with van der Waals surface area (Å²) in [6.07, 6.45) is 5.64. The van der Waals surface area contributed by atoms with Gasteiger partial charge in [-0.05, 0) is 58.1 Å². The molecule has 1 spiro atoms. The molecule has 3 unspecified atom stereocenters. The number of ether oxygens (including phenoxy) is 1. The molecule has 4 rings (SSSR count). The maximum atomic E-state index is 13.7. The third-order valence-electron chi connectivity index (χ3n) is 6.89. The first kappa shape index (κ1) is 23.9. The van der Waals surface area contributed by atoms with Crippen LogP contribution in [0.25, 0.3) is 0 Å². The van der Waals surface area contributed by atoms with Gasteiger partial charge in [-0.2, -0.15) is 0 Å².